The topological polar surface area (TPSA) is 61.9 Å². The third-order valence-corrected chi connectivity index (χ3v) is 11.3. The van der Waals surface area contributed by atoms with Gasteiger partial charge in [0.2, 0.25) is 0 Å². The fourth-order valence-electron chi connectivity index (χ4n) is 8.47. The zero-order valence-corrected chi connectivity index (χ0v) is 34.3. The van der Waals surface area contributed by atoms with Crippen LogP contribution in [0.4, 0.5) is 0 Å². The number of hydrogen-bond donors (Lipinski definition) is 3. The third kappa shape index (κ3) is 8.66. The number of allylic oxidation sites excluding steroid dienone is 3. The lowest BCUT2D eigenvalue weighted by atomic mass is 9.82. The minimum atomic E-state index is 0.121. The number of hydrogen-bond acceptors (Lipinski definition) is 2. The van der Waals surface area contributed by atoms with Gasteiger partial charge in [0, 0.05) is 24.1 Å². The molecule has 2 aliphatic rings. The highest BCUT2D eigenvalue weighted by atomic mass is 14.9. The lowest BCUT2D eigenvalue weighted by molar-refractivity contribution is 0.502. The maximum atomic E-state index is 7.01. The van der Waals surface area contributed by atoms with E-state index >= 15 is 0 Å². The summed E-state index contributed by atoms with van der Waals surface area (Å²) in [6, 6.07) is 52.4. The van der Waals surface area contributed by atoms with Crippen molar-refractivity contribution in [3.63, 3.8) is 0 Å². The predicted molar refractivity (Wildman–Crippen MR) is 251 cm³/mol. The number of aryl methyl sites for hydroxylation is 1. The molecule has 58 heavy (non-hydrogen) atoms. The fourth-order valence-corrected chi connectivity index (χ4v) is 8.47. The summed E-state index contributed by atoms with van der Waals surface area (Å²) < 4.78 is 0. The average molecular weight is 758 g/mol. The van der Waals surface area contributed by atoms with Gasteiger partial charge in [0.15, 0.2) is 0 Å². The van der Waals surface area contributed by atoms with E-state index in [4.69, 9.17) is 11.1 Å². The van der Waals surface area contributed by atoms with E-state index in [1.54, 1.807) is 0 Å². The first-order chi connectivity index (χ1) is 28.5. The molecule has 0 heterocycles. The van der Waals surface area contributed by atoms with Crippen molar-refractivity contribution in [1.82, 2.24) is 5.32 Å². The van der Waals surface area contributed by atoms with Crippen LogP contribution in [0.25, 0.3) is 56.0 Å². The Morgan fingerprint density at radius 3 is 1.98 bits per heavy atom. The van der Waals surface area contributed by atoms with Gasteiger partial charge in [-0.15, -0.1) is 0 Å². The molecule has 0 fully saturated rings. The maximum absolute atomic E-state index is 7.01. The standard InChI is InChI=1S/C46H41N.C7H8N2.C2H6/c1-31-24-26-43-44-27-25-34(29-46(44)42-23-13-12-22-41(42)45(43)28-31)36-17-7-9-19-38(36)40-21-11-10-20-39(40)37-18-8-6-16-35(37)32(2)47-30-33-14-4-3-5-15-33;8-7(9)6-4-2-1-3-5-6;1-2/h3-14,16-24,26-29,32-34,47H,15,25,30H2,1-2H3;1-5H,(H3,8,9);1-2H3. The van der Waals surface area contributed by atoms with Crippen LogP contribution in [0.1, 0.15) is 67.8 Å². The Balaban J connectivity index is 0.000000409. The van der Waals surface area contributed by atoms with E-state index in [-0.39, 0.29) is 17.8 Å². The highest BCUT2D eigenvalue weighted by Crippen LogP contribution is 2.40. The van der Waals surface area contributed by atoms with Crippen molar-refractivity contribution in [2.45, 2.75) is 52.5 Å². The molecule has 3 unspecified atom stereocenters. The zero-order valence-electron chi connectivity index (χ0n) is 34.3. The van der Waals surface area contributed by atoms with Crippen LogP contribution in [-0.4, -0.2) is 12.4 Å². The zero-order chi connectivity index (χ0) is 40.4. The molecule has 0 aromatic heterocycles. The third-order valence-electron chi connectivity index (χ3n) is 11.3. The molecule has 3 nitrogen and oxygen atoms in total. The first-order valence-electron chi connectivity index (χ1n) is 20.8. The number of rotatable bonds is 8. The van der Waals surface area contributed by atoms with Crippen molar-refractivity contribution in [2.24, 2.45) is 11.7 Å². The molecule has 3 atom stereocenters. The Kier molecular flexibility index (Phi) is 12.9. The Morgan fingerprint density at radius 1 is 0.655 bits per heavy atom. The Bertz CT molecular complexity index is 2720. The van der Waals surface area contributed by atoms with Gasteiger partial charge in [-0.05, 0) is 98.0 Å². The summed E-state index contributed by atoms with van der Waals surface area (Å²) in [5.41, 5.74) is 15.2. The van der Waals surface area contributed by atoms with E-state index in [2.05, 4.69) is 171 Å². The van der Waals surface area contributed by atoms with Crippen LogP contribution in [0.2, 0.25) is 0 Å². The minimum absolute atomic E-state index is 0.121. The average Bonchev–Trinajstić information content (AvgIpc) is 3.29. The van der Waals surface area contributed by atoms with Gasteiger partial charge in [0.1, 0.15) is 5.84 Å². The molecule has 0 bridgehead atoms. The van der Waals surface area contributed by atoms with Crippen molar-refractivity contribution in [2.75, 3.05) is 6.54 Å². The van der Waals surface area contributed by atoms with Crippen molar-refractivity contribution < 1.29 is 0 Å². The summed E-state index contributed by atoms with van der Waals surface area (Å²) in [4.78, 5) is 0. The van der Waals surface area contributed by atoms with E-state index in [9.17, 15) is 0 Å². The monoisotopic (exact) mass is 757 g/mol. The summed E-state index contributed by atoms with van der Waals surface area (Å²) in [6.45, 7) is 9.47. The lowest BCUT2D eigenvalue weighted by Crippen LogP contribution is -2.30. The summed E-state index contributed by atoms with van der Waals surface area (Å²) in [5.74, 6) is 0.948. The van der Waals surface area contributed by atoms with Crippen LogP contribution < -0.4 is 21.5 Å². The van der Waals surface area contributed by atoms with Gasteiger partial charge in [-0.1, -0.05) is 201 Å². The van der Waals surface area contributed by atoms with Crippen molar-refractivity contribution >= 4 is 39.5 Å². The molecule has 7 aromatic rings. The summed E-state index contributed by atoms with van der Waals surface area (Å²) in [7, 11) is 0. The molecule has 7 aromatic carbocycles. The SMILES string of the molecule is CC.Cc1ccc2c3c(c4ccccc4c2c1)=CC(c1ccccc1-c1ccccc1-c1ccccc1C(C)NCC1C=CC=CC1)CC=3.N=C(N)c1ccccc1. The first kappa shape index (κ1) is 39.9. The minimum Gasteiger partial charge on any atom is -0.384 e. The number of fused-ring (bicyclic) bond motifs is 6. The second-order valence-corrected chi connectivity index (χ2v) is 15.1. The number of nitrogen functional groups attached to an aromatic ring is 1. The van der Waals surface area contributed by atoms with Crippen LogP contribution >= 0.6 is 0 Å². The van der Waals surface area contributed by atoms with Gasteiger partial charge < -0.3 is 11.1 Å². The van der Waals surface area contributed by atoms with Gasteiger partial charge in [-0.3, -0.25) is 5.41 Å². The van der Waals surface area contributed by atoms with Crippen molar-refractivity contribution in [3.05, 3.63) is 203 Å². The van der Waals surface area contributed by atoms with Crippen molar-refractivity contribution in [1.29, 1.82) is 5.41 Å². The predicted octanol–water partition coefficient (Wildman–Crippen LogP) is 12.2. The molecule has 2 aliphatic carbocycles. The van der Waals surface area contributed by atoms with Gasteiger partial charge in [-0.2, -0.15) is 0 Å². The number of amidine groups is 1. The number of nitrogens with one attached hydrogen (secondary N) is 2. The molecule has 4 N–H and O–H groups in total. The highest BCUT2D eigenvalue weighted by molar-refractivity contribution is 6.08. The Labute approximate surface area is 344 Å². The largest absolute Gasteiger partial charge is 0.384 e. The molecule has 290 valence electrons. The molecule has 9 rings (SSSR count). The van der Waals surface area contributed by atoms with E-state index in [0.717, 1.165) is 24.9 Å². The van der Waals surface area contributed by atoms with E-state index < -0.39 is 0 Å². The van der Waals surface area contributed by atoms with E-state index in [0.29, 0.717) is 5.92 Å². The second-order valence-electron chi connectivity index (χ2n) is 15.1. The van der Waals surface area contributed by atoms with Crippen LogP contribution in [0.15, 0.2) is 170 Å². The highest BCUT2D eigenvalue weighted by Gasteiger charge is 2.21. The molecule has 0 saturated carbocycles. The molecule has 0 aliphatic heterocycles. The smallest absolute Gasteiger partial charge is 0.122 e. The molecule has 0 radical (unpaired) electrons. The van der Waals surface area contributed by atoms with Gasteiger partial charge >= 0.3 is 0 Å². The number of nitrogens with two attached hydrogens (primary N) is 1. The quantitative estimate of drug-likeness (QED) is 0.0821. The normalized spacial score (nSPS) is 15.8. The molecule has 3 heteroatoms. The van der Waals surface area contributed by atoms with Crippen LogP contribution in [0, 0.1) is 18.3 Å². The summed E-state index contributed by atoms with van der Waals surface area (Å²) in [6.07, 6.45) is 16.0. The summed E-state index contributed by atoms with van der Waals surface area (Å²) >= 11 is 0. The van der Waals surface area contributed by atoms with Gasteiger partial charge in [0.25, 0.3) is 0 Å². The Morgan fingerprint density at radius 2 is 1.28 bits per heavy atom. The van der Waals surface area contributed by atoms with Crippen LogP contribution in [0.5, 0.6) is 0 Å². The molecule has 0 spiro atoms. The molecule has 0 saturated heterocycles. The molecular formula is C55H55N3. The second kappa shape index (κ2) is 18.8. The summed E-state index contributed by atoms with van der Waals surface area (Å²) in [5, 5.41) is 19.0. The number of benzene rings is 7. The molecule has 0 amide bonds. The lowest BCUT2D eigenvalue weighted by Gasteiger charge is -2.24. The fraction of sp³-hybridized carbons (Fsp3) is 0.182. The van der Waals surface area contributed by atoms with Gasteiger partial charge in [0.05, 0.1) is 0 Å². The van der Waals surface area contributed by atoms with Gasteiger partial charge in [-0.25, -0.2) is 0 Å². The maximum Gasteiger partial charge on any atom is 0.122 e. The Hall–Kier alpha value is -6.29. The van der Waals surface area contributed by atoms with Crippen LogP contribution in [0.3, 0.4) is 0 Å². The molecular weight excluding hydrogens is 703 g/mol. The van der Waals surface area contributed by atoms with E-state index in [1.165, 1.54) is 70.9 Å². The van der Waals surface area contributed by atoms with E-state index in [1.807, 2.05) is 44.2 Å². The van der Waals surface area contributed by atoms with Crippen LogP contribution in [-0.2, 0) is 0 Å². The first-order valence-corrected chi connectivity index (χ1v) is 20.8. The van der Waals surface area contributed by atoms with Crippen molar-refractivity contribution in [3.8, 4) is 22.3 Å².